The SMILES string of the molecule is Cc1cc(/C=C2/Sc3ccccc3N2C)cc(C)[n+]1CCCn1ccnc1.[I-]. The molecule has 6 heteroatoms. The average Bonchev–Trinajstić information content (AvgIpc) is 3.26. The molecule has 0 spiro atoms. The highest BCUT2D eigenvalue weighted by Gasteiger charge is 2.21. The Bertz CT molecular complexity index is 959. The summed E-state index contributed by atoms with van der Waals surface area (Å²) in [5.41, 5.74) is 5.15. The predicted molar refractivity (Wildman–Crippen MR) is 112 cm³/mol. The van der Waals surface area contributed by atoms with Crippen LogP contribution in [-0.2, 0) is 13.1 Å². The maximum Gasteiger partial charge on any atom is 0.179 e. The van der Waals surface area contributed by atoms with E-state index in [1.54, 1.807) is 0 Å². The first-order chi connectivity index (χ1) is 13.1. The lowest BCUT2D eigenvalue weighted by Crippen LogP contribution is -3.00. The van der Waals surface area contributed by atoms with Gasteiger partial charge in [-0.3, -0.25) is 0 Å². The number of benzene rings is 1. The van der Waals surface area contributed by atoms with E-state index in [1.807, 2.05) is 30.5 Å². The van der Waals surface area contributed by atoms with Gasteiger partial charge in [0.25, 0.3) is 0 Å². The van der Waals surface area contributed by atoms with Crippen molar-refractivity contribution in [1.29, 1.82) is 0 Å². The zero-order valence-electron chi connectivity index (χ0n) is 16.5. The van der Waals surface area contributed by atoms with E-state index in [1.165, 1.54) is 32.6 Å². The van der Waals surface area contributed by atoms with Crippen LogP contribution in [0.5, 0.6) is 0 Å². The Morgan fingerprint density at radius 3 is 2.57 bits per heavy atom. The second-order valence-corrected chi connectivity index (χ2v) is 8.05. The fraction of sp³-hybridized carbons (Fsp3) is 0.273. The monoisotopic (exact) mass is 504 g/mol. The van der Waals surface area contributed by atoms with Gasteiger partial charge in [0.1, 0.15) is 0 Å². The molecule has 2 aromatic heterocycles. The maximum atomic E-state index is 4.11. The van der Waals surface area contributed by atoms with E-state index in [-0.39, 0.29) is 24.0 Å². The number of hydrogen-bond acceptors (Lipinski definition) is 3. The van der Waals surface area contributed by atoms with Crippen LogP contribution < -0.4 is 33.4 Å². The van der Waals surface area contributed by atoms with Gasteiger partial charge in [-0.15, -0.1) is 0 Å². The third-order valence-corrected chi connectivity index (χ3v) is 6.19. The van der Waals surface area contributed by atoms with Gasteiger partial charge in [-0.1, -0.05) is 23.9 Å². The van der Waals surface area contributed by atoms with Gasteiger partial charge in [-0.25, -0.2) is 9.55 Å². The van der Waals surface area contributed by atoms with Crippen molar-refractivity contribution in [3.63, 3.8) is 0 Å². The molecule has 1 aromatic carbocycles. The minimum atomic E-state index is 0. The molecule has 3 heterocycles. The lowest BCUT2D eigenvalue weighted by atomic mass is 10.1. The summed E-state index contributed by atoms with van der Waals surface area (Å²) >= 11 is 1.84. The Morgan fingerprint density at radius 2 is 1.89 bits per heavy atom. The standard InChI is InChI=1S/C22H25N4S.HI/c1-17-13-19(15-22-24(3)20-7-4-5-8-21(20)27-22)14-18(2)26(17)11-6-10-25-12-9-23-16-25;/h4-5,7-9,12-16H,6,10-11H2,1-3H3;1H/q+1;/p-1. The van der Waals surface area contributed by atoms with Crippen molar-refractivity contribution in [1.82, 2.24) is 9.55 Å². The van der Waals surface area contributed by atoms with Gasteiger partial charge < -0.3 is 33.4 Å². The Labute approximate surface area is 188 Å². The van der Waals surface area contributed by atoms with Crippen molar-refractivity contribution in [2.24, 2.45) is 0 Å². The molecular formula is C22H25IN4S. The summed E-state index contributed by atoms with van der Waals surface area (Å²) in [6.07, 6.45) is 9.13. The lowest BCUT2D eigenvalue weighted by molar-refractivity contribution is -0.709. The number of pyridine rings is 1. The van der Waals surface area contributed by atoms with E-state index in [4.69, 9.17) is 0 Å². The van der Waals surface area contributed by atoms with Crippen molar-refractivity contribution >= 4 is 23.5 Å². The van der Waals surface area contributed by atoms with Gasteiger partial charge in [0.05, 0.1) is 17.0 Å². The minimum absolute atomic E-state index is 0. The summed E-state index contributed by atoms with van der Waals surface area (Å²) in [6, 6.07) is 13.1. The first kappa shape index (κ1) is 20.9. The van der Waals surface area contributed by atoms with Crippen molar-refractivity contribution in [3.05, 3.63) is 77.1 Å². The molecule has 3 aromatic rings. The van der Waals surface area contributed by atoms with Crippen LogP contribution >= 0.6 is 11.8 Å². The number of nitrogens with zero attached hydrogens (tertiary/aromatic N) is 4. The van der Waals surface area contributed by atoms with Crippen molar-refractivity contribution in [2.75, 3.05) is 11.9 Å². The Morgan fingerprint density at radius 1 is 1.14 bits per heavy atom. The van der Waals surface area contributed by atoms with Crippen molar-refractivity contribution in [3.8, 4) is 0 Å². The molecule has 28 heavy (non-hydrogen) atoms. The molecule has 0 N–H and O–H groups in total. The topological polar surface area (TPSA) is 24.9 Å². The molecule has 0 radical (unpaired) electrons. The van der Waals surface area contributed by atoms with Gasteiger partial charge in [-0.2, -0.15) is 0 Å². The molecule has 0 fully saturated rings. The minimum Gasteiger partial charge on any atom is -1.00 e. The number of fused-ring (bicyclic) bond motifs is 1. The number of hydrogen-bond donors (Lipinski definition) is 0. The molecule has 1 aliphatic rings. The molecule has 0 atom stereocenters. The Kier molecular flexibility index (Phi) is 6.82. The van der Waals surface area contributed by atoms with Crippen LogP contribution in [0, 0.1) is 13.8 Å². The second-order valence-electron chi connectivity index (χ2n) is 6.99. The number of imidazole rings is 1. The highest BCUT2D eigenvalue weighted by atomic mass is 127. The molecule has 0 bridgehead atoms. The number of aryl methyl sites for hydroxylation is 3. The number of para-hydroxylation sites is 1. The van der Waals surface area contributed by atoms with Gasteiger partial charge in [0.15, 0.2) is 17.9 Å². The molecule has 0 aliphatic carbocycles. The molecule has 1 aliphatic heterocycles. The van der Waals surface area contributed by atoms with E-state index in [0.29, 0.717) is 0 Å². The largest absolute Gasteiger partial charge is 1.00 e. The summed E-state index contributed by atoms with van der Waals surface area (Å²) in [5.74, 6) is 0. The fourth-order valence-corrected chi connectivity index (χ4v) is 4.73. The Balaban J connectivity index is 0.00000225. The normalized spacial score (nSPS) is 14.2. The number of halogens is 1. The average molecular weight is 504 g/mol. The molecular weight excluding hydrogens is 479 g/mol. The van der Waals surface area contributed by atoms with Gasteiger partial charge >= 0.3 is 0 Å². The smallest absolute Gasteiger partial charge is 0.179 e. The van der Waals surface area contributed by atoms with Crippen LogP contribution in [-0.4, -0.2) is 16.6 Å². The zero-order valence-corrected chi connectivity index (χ0v) is 19.4. The molecule has 0 saturated heterocycles. The van der Waals surface area contributed by atoms with Gasteiger partial charge in [0.2, 0.25) is 0 Å². The fourth-order valence-electron chi connectivity index (χ4n) is 3.61. The molecule has 146 valence electrons. The first-order valence-electron chi connectivity index (χ1n) is 9.31. The van der Waals surface area contributed by atoms with Crippen molar-refractivity contribution in [2.45, 2.75) is 38.3 Å². The van der Waals surface area contributed by atoms with Crippen LogP contribution in [0.4, 0.5) is 5.69 Å². The lowest BCUT2D eigenvalue weighted by Gasteiger charge is -2.13. The number of thioether (sulfide) groups is 1. The van der Waals surface area contributed by atoms with Crippen LogP contribution in [0.1, 0.15) is 23.4 Å². The maximum absolute atomic E-state index is 4.11. The van der Waals surface area contributed by atoms with Crippen LogP contribution in [0.3, 0.4) is 0 Å². The van der Waals surface area contributed by atoms with Gasteiger partial charge in [-0.05, 0) is 23.8 Å². The second kappa shape index (κ2) is 9.13. The molecule has 0 amide bonds. The summed E-state index contributed by atoms with van der Waals surface area (Å²) in [4.78, 5) is 7.71. The van der Waals surface area contributed by atoms with E-state index in [0.717, 1.165) is 19.5 Å². The summed E-state index contributed by atoms with van der Waals surface area (Å²) in [7, 11) is 2.14. The summed E-state index contributed by atoms with van der Waals surface area (Å²) in [6.45, 7) is 6.42. The number of rotatable bonds is 5. The first-order valence-corrected chi connectivity index (χ1v) is 10.1. The van der Waals surface area contributed by atoms with E-state index >= 15 is 0 Å². The molecule has 0 unspecified atom stereocenters. The van der Waals surface area contributed by atoms with Crippen molar-refractivity contribution < 1.29 is 28.5 Å². The highest BCUT2D eigenvalue weighted by Crippen LogP contribution is 2.45. The summed E-state index contributed by atoms with van der Waals surface area (Å²) < 4.78 is 4.54. The third kappa shape index (κ3) is 4.43. The van der Waals surface area contributed by atoms with Crippen LogP contribution in [0.25, 0.3) is 6.08 Å². The quantitative estimate of drug-likeness (QED) is 0.389. The third-order valence-electron chi connectivity index (χ3n) is 5.02. The zero-order chi connectivity index (χ0) is 18.8. The van der Waals surface area contributed by atoms with E-state index in [9.17, 15) is 0 Å². The number of anilines is 1. The van der Waals surface area contributed by atoms with Crippen LogP contribution in [0.2, 0.25) is 0 Å². The molecule has 4 nitrogen and oxygen atoms in total. The molecule has 4 rings (SSSR count). The van der Waals surface area contributed by atoms with E-state index in [2.05, 4.69) is 82.4 Å². The predicted octanol–water partition coefficient (Wildman–Crippen LogP) is 1.42. The van der Waals surface area contributed by atoms with Crippen LogP contribution in [0.15, 0.2) is 65.0 Å². The Hall–Kier alpha value is -1.80. The van der Waals surface area contributed by atoms with Gasteiger partial charge in [0, 0.05) is 63.3 Å². The van der Waals surface area contributed by atoms with E-state index < -0.39 is 0 Å². The number of aromatic nitrogens is 3. The highest BCUT2D eigenvalue weighted by molar-refractivity contribution is 8.03. The molecule has 0 saturated carbocycles. The summed E-state index contributed by atoms with van der Waals surface area (Å²) in [5, 5.41) is 1.27.